The summed E-state index contributed by atoms with van der Waals surface area (Å²) in [6.45, 7) is 4.95. The van der Waals surface area contributed by atoms with Gasteiger partial charge in [-0.25, -0.2) is 9.97 Å². The predicted octanol–water partition coefficient (Wildman–Crippen LogP) is 2.39. The Morgan fingerprint density at radius 1 is 0.960 bits per heavy atom. The van der Waals surface area contributed by atoms with Crippen molar-refractivity contribution in [2.45, 2.75) is 12.8 Å². The van der Waals surface area contributed by atoms with Crippen molar-refractivity contribution in [2.75, 3.05) is 49.1 Å². The van der Waals surface area contributed by atoms with Crippen molar-refractivity contribution >= 4 is 33.5 Å². The third kappa shape index (κ3) is 3.49. The van der Waals surface area contributed by atoms with Crippen LogP contribution in [0.5, 0.6) is 0 Å². The lowest BCUT2D eigenvalue weighted by Crippen LogP contribution is -2.49. The smallest absolute Gasteiger partial charge is 0.289 e. The third-order valence-corrected chi connectivity index (χ3v) is 5.17. The van der Waals surface area contributed by atoms with Gasteiger partial charge in [-0.1, -0.05) is 0 Å². The predicted molar refractivity (Wildman–Crippen MR) is 98.0 cm³/mol. The van der Waals surface area contributed by atoms with E-state index in [0.717, 1.165) is 37.8 Å². The van der Waals surface area contributed by atoms with Crippen molar-refractivity contribution in [1.29, 1.82) is 0 Å². The molecule has 1 amide bonds. The van der Waals surface area contributed by atoms with Gasteiger partial charge in [0, 0.05) is 45.3 Å². The van der Waals surface area contributed by atoms with Gasteiger partial charge in [-0.05, 0) is 40.9 Å². The minimum atomic E-state index is -0.0641. The Labute approximate surface area is 154 Å². The molecule has 2 saturated heterocycles. The number of aromatic nitrogens is 2. The van der Waals surface area contributed by atoms with E-state index in [2.05, 4.69) is 41.8 Å². The number of hydrogen-bond acceptors (Lipinski definition) is 6. The van der Waals surface area contributed by atoms with Crippen LogP contribution in [0.4, 0.5) is 11.6 Å². The van der Waals surface area contributed by atoms with E-state index in [1.54, 1.807) is 18.5 Å². The van der Waals surface area contributed by atoms with Gasteiger partial charge in [0.2, 0.25) is 0 Å². The molecule has 0 unspecified atom stereocenters. The van der Waals surface area contributed by atoms with E-state index in [-0.39, 0.29) is 5.91 Å². The molecular weight excluding hydrogens is 386 g/mol. The van der Waals surface area contributed by atoms with E-state index in [4.69, 9.17) is 4.42 Å². The lowest BCUT2D eigenvalue weighted by atomic mass is 10.2. The first kappa shape index (κ1) is 16.4. The fourth-order valence-electron chi connectivity index (χ4n) is 3.35. The van der Waals surface area contributed by atoms with Gasteiger partial charge in [0.1, 0.15) is 18.0 Å². The first-order valence-electron chi connectivity index (χ1n) is 8.57. The molecule has 7 nitrogen and oxygen atoms in total. The van der Waals surface area contributed by atoms with Crippen LogP contribution >= 0.6 is 15.9 Å². The van der Waals surface area contributed by atoms with Crippen LogP contribution in [0, 0.1) is 0 Å². The molecule has 2 aliphatic rings. The normalized spacial score (nSPS) is 18.0. The quantitative estimate of drug-likeness (QED) is 0.780. The van der Waals surface area contributed by atoms with Gasteiger partial charge in [-0.2, -0.15) is 0 Å². The standard InChI is InChI=1S/C17H20BrN5O2/c18-14-4-3-13(25-14)17(24)23-9-7-22(8-10-23)16-11-15(19-12-20-16)21-5-1-2-6-21/h3-4,11-12H,1-2,5-10H2. The summed E-state index contributed by atoms with van der Waals surface area (Å²) >= 11 is 3.24. The average molecular weight is 406 g/mol. The fourth-order valence-corrected chi connectivity index (χ4v) is 3.66. The van der Waals surface area contributed by atoms with Crippen LogP contribution < -0.4 is 9.80 Å². The molecule has 4 rings (SSSR count). The highest BCUT2D eigenvalue weighted by Crippen LogP contribution is 2.23. The molecule has 2 aromatic heterocycles. The first-order valence-corrected chi connectivity index (χ1v) is 9.36. The van der Waals surface area contributed by atoms with Crippen LogP contribution in [0.1, 0.15) is 23.4 Å². The SMILES string of the molecule is O=C(c1ccc(Br)o1)N1CCN(c2cc(N3CCCC3)ncn2)CC1. The summed E-state index contributed by atoms with van der Waals surface area (Å²) in [4.78, 5) is 27.6. The molecule has 0 radical (unpaired) electrons. The number of nitrogens with zero attached hydrogens (tertiary/aromatic N) is 5. The summed E-state index contributed by atoms with van der Waals surface area (Å²) in [5.41, 5.74) is 0. The highest BCUT2D eigenvalue weighted by Gasteiger charge is 2.25. The monoisotopic (exact) mass is 405 g/mol. The summed E-state index contributed by atoms with van der Waals surface area (Å²) in [6.07, 6.45) is 4.09. The van der Waals surface area contributed by atoms with Gasteiger partial charge in [0.15, 0.2) is 10.4 Å². The van der Waals surface area contributed by atoms with Crippen LogP contribution in [0.2, 0.25) is 0 Å². The minimum absolute atomic E-state index is 0.0641. The molecular formula is C17H20BrN5O2. The Morgan fingerprint density at radius 2 is 1.60 bits per heavy atom. The van der Waals surface area contributed by atoms with E-state index in [0.29, 0.717) is 23.5 Å². The van der Waals surface area contributed by atoms with Crippen molar-refractivity contribution in [2.24, 2.45) is 0 Å². The van der Waals surface area contributed by atoms with E-state index in [9.17, 15) is 4.79 Å². The van der Waals surface area contributed by atoms with Gasteiger partial charge in [-0.15, -0.1) is 0 Å². The number of amides is 1. The number of carbonyl (C=O) groups is 1. The zero-order valence-corrected chi connectivity index (χ0v) is 15.5. The van der Waals surface area contributed by atoms with Crippen molar-refractivity contribution in [3.63, 3.8) is 0 Å². The molecule has 132 valence electrons. The van der Waals surface area contributed by atoms with E-state index < -0.39 is 0 Å². The Bertz CT molecular complexity index is 751. The molecule has 0 saturated carbocycles. The highest BCUT2D eigenvalue weighted by molar-refractivity contribution is 9.10. The number of furan rings is 1. The third-order valence-electron chi connectivity index (χ3n) is 4.74. The Morgan fingerprint density at radius 3 is 2.20 bits per heavy atom. The van der Waals surface area contributed by atoms with Crippen LogP contribution in [0.25, 0.3) is 0 Å². The molecule has 2 aliphatic heterocycles. The van der Waals surface area contributed by atoms with Gasteiger partial charge in [-0.3, -0.25) is 4.79 Å². The summed E-state index contributed by atoms with van der Waals surface area (Å²) in [5, 5.41) is 0. The van der Waals surface area contributed by atoms with Crippen LogP contribution in [-0.4, -0.2) is 60.0 Å². The second-order valence-electron chi connectivity index (χ2n) is 6.31. The Balaban J connectivity index is 1.40. The minimum Gasteiger partial charge on any atom is -0.444 e. The zero-order valence-electron chi connectivity index (χ0n) is 13.9. The van der Waals surface area contributed by atoms with Crippen molar-refractivity contribution < 1.29 is 9.21 Å². The molecule has 0 spiro atoms. The Kier molecular flexibility index (Phi) is 4.61. The molecule has 2 fully saturated rings. The number of hydrogen-bond donors (Lipinski definition) is 0. The largest absolute Gasteiger partial charge is 0.444 e. The molecule has 8 heteroatoms. The summed E-state index contributed by atoms with van der Waals surface area (Å²) in [6, 6.07) is 5.50. The molecule has 4 heterocycles. The van der Waals surface area contributed by atoms with E-state index in [1.807, 2.05) is 4.90 Å². The maximum atomic E-state index is 12.4. The second-order valence-corrected chi connectivity index (χ2v) is 7.09. The topological polar surface area (TPSA) is 65.7 Å². The summed E-state index contributed by atoms with van der Waals surface area (Å²) in [7, 11) is 0. The zero-order chi connectivity index (χ0) is 17.2. The maximum Gasteiger partial charge on any atom is 0.289 e. The lowest BCUT2D eigenvalue weighted by Gasteiger charge is -2.35. The number of anilines is 2. The molecule has 0 aliphatic carbocycles. The summed E-state index contributed by atoms with van der Waals surface area (Å²) < 4.78 is 5.94. The molecule has 0 N–H and O–H groups in total. The average Bonchev–Trinajstić information content (AvgIpc) is 3.33. The van der Waals surface area contributed by atoms with Crippen molar-refractivity contribution in [1.82, 2.24) is 14.9 Å². The van der Waals surface area contributed by atoms with Crippen LogP contribution in [0.15, 0.2) is 33.6 Å². The first-order chi connectivity index (χ1) is 12.2. The molecule has 0 atom stereocenters. The van der Waals surface area contributed by atoms with Crippen molar-refractivity contribution in [3.05, 3.63) is 35.0 Å². The second kappa shape index (κ2) is 7.03. The molecule has 25 heavy (non-hydrogen) atoms. The van der Waals surface area contributed by atoms with Crippen LogP contribution in [-0.2, 0) is 0 Å². The highest BCUT2D eigenvalue weighted by atomic mass is 79.9. The number of carbonyl (C=O) groups excluding carboxylic acids is 1. The van der Waals surface area contributed by atoms with Gasteiger partial charge >= 0.3 is 0 Å². The maximum absolute atomic E-state index is 12.4. The van der Waals surface area contributed by atoms with E-state index in [1.165, 1.54) is 12.8 Å². The van der Waals surface area contributed by atoms with E-state index >= 15 is 0 Å². The Hall–Kier alpha value is -2.09. The number of piperazine rings is 1. The fraction of sp³-hybridized carbons (Fsp3) is 0.471. The molecule has 0 bridgehead atoms. The molecule has 2 aromatic rings. The van der Waals surface area contributed by atoms with Gasteiger partial charge < -0.3 is 19.1 Å². The number of halogens is 1. The molecule has 0 aromatic carbocycles. The number of rotatable bonds is 3. The van der Waals surface area contributed by atoms with Crippen LogP contribution in [0.3, 0.4) is 0 Å². The van der Waals surface area contributed by atoms with Gasteiger partial charge in [0.25, 0.3) is 5.91 Å². The van der Waals surface area contributed by atoms with Crippen molar-refractivity contribution in [3.8, 4) is 0 Å². The summed E-state index contributed by atoms with van der Waals surface area (Å²) in [5.74, 6) is 2.25. The lowest BCUT2D eigenvalue weighted by molar-refractivity contribution is 0.0713. The van der Waals surface area contributed by atoms with Gasteiger partial charge in [0.05, 0.1) is 0 Å².